The van der Waals surface area contributed by atoms with Crippen LogP contribution in [-0.2, 0) is 4.79 Å². The number of carbonyl (C=O) groups excluding carboxylic acids is 1. The molecular weight excluding hydrogens is 178 g/mol. The zero-order valence-electron chi connectivity index (χ0n) is 8.03. The maximum absolute atomic E-state index is 10.5. The highest BCUT2D eigenvalue weighted by Crippen LogP contribution is 2.04. The third-order valence-electron chi connectivity index (χ3n) is 1.56. The second-order valence-electron chi connectivity index (χ2n) is 2.89. The Hall–Kier alpha value is -1.84. The molecule has 4 nitrogen and oxygen atoms in total. The van der Waals surface area contributed by atoms with Crippen molar-refractivity contribution >= 4 is 17.7 Å². The molecule has 1 rings (SSSR count). The van der Waals surface area contributed by atoms with E-state index in [9.17, 15) is 4.79 Å². The summed E-state index contributed by atoms with van der Waals surface area (Å²) in [5.41, 5.74) is 7.10. The molecule has 0 aliphatic carbocycles. The summed E-state index contributed by atoms with van der Waals surface area (Å²) in [7, 11) is 0. The van der Waals surface area contributed by atoms with Crippen LogP contribution in [0.5, 0.6) is 0 Å². The third kappa shape index (κ3) is 3.71. The molecule has 0 unspecified atom stereocenters. The Morgan fingerprint density at radius 2 is 2.43 bits per heavy atom. The number of aromatic nitrogens is 1. The van der Waals surface area contributed by atoms with Gasteiger partial charge in [0.05, 0.1) is 5.69 Å². The molecule has 0 aromatic carbocycles. The lowest BCUT2D eigenvalue weighted by atomic mass is 10.2. The summed E-state index contributed by atoms with van der Waals surface area (Å²) in [5, 5.41) is 2.65. The van der Waals surface area contributed by atoms with Crippen LogP contribution >= 0.6 is 0 Å². The molecule has 1 amide bonds. The SMILES string of the molecule is CC(=O)NCC=Cc1cncc(N)c1. The van der Waals surface area contributed by atoms with Crippen LogP contribution in [0.4, 0.5) is 5.69 Å². The van der Waals surface area contributed by atoms with Gasteiger partial charge in [-0.05, 0) is 11.6 Å². The minimum absolute atomic E-state index is 0.0413. The molecule has 1 aromatic rings. The molecule has 0 fully saturated rings. The third-order valence-corrected chi connectivity index (χ3v) is 1.56. The normalized spacial score (nSPS) is 10.4. The van der Waals surface area contributed by atoms with E-state index in [2.05, 4.69) is 10.3 Å². The van der Waals surface area contributed by atoms with Gasteiger partial charge >= 0.3 is 0 Å². The average Bonchev–Trinajstić information content (AvgIpc) is 2.12. The van der Waals surface area contributed by atoms with E-state index >= 15 is 0 Å². The van der Waals surface area contributed by atoms with Crippen molar-refractivity contribution in [1.29, 1.82) is 0 Å². The highest BCUT2D eigenvalue weighted by atomic mass is 16.1. The van der Waals surface area contributed by atoms with Gasteiger partial charge in [0.2, 0.25) is 5.91 Å². The molecule has 3 N–H and O–H groups in total. The first-order valence-electron chi connectivity index (χ1n) is 4.30. The van der Waals surface area contributed by atoms with Crippen LogP contribution < -0.4 is 11.1 Å². The zero-order valence-corrected chi connectivity index (χ0v) is 8.03. The van der Waals surface area contributed by atoms with Gasteiger partial charge in [-0.1, -0.05) is 12.2 Å². The highest BCUT2D eigenvalue weighted by Gasteiger charge is 1.89. The second kappa shape index (κ2) is 5.01. The van der Waals surface area contributed by atoms with Gasteiger partial charge in [-0.25, -0.2) is 0 Å². The van der Waals surface area contributed by atoms with Crippen LogP contribution in [0.1, 0.15) is 12.5 Å². The smallest absolute Gasteiger partial charge is 0.217 e. The van der Waals surface area contributed by atoms with Gasteiger partial charge in [-0.2, -0.15) is 0 Å². The van der Waals surface area contributed by atoms with Crippen molar-refractivity contribution in [3.05, 3.63) is 30.1 Å². The summed E-state index contributed by atoms with van der Waals surface area (Å²) in [6.45, 7) is 2.00. The quantitative estimate of drug-likeness (QED) is 0.743. The average molecular weight is 191 g/mol. The summed E-state index contributed by atoms with van der Waals surface area (Å²) in [6, 6.07) is 1.82. The number of amides is 1. The summed E-state index contributed by atoms with van der Waals surface area (Å²) in [4.78, 5) is 14.5. The number of nitrogens with two attached hydrogens (primary N) is 1. The van der Waals surface area contributed by atoms with Crippen molar-refractivity contribution in [2.45, 2.75) is 6.92 Å². The molecule has 0 bridgehead atoms. The van der Waals surface area contributed by atoms with E-state index in [-0.39, 0.29) is 5.91 Å². The molecule has 14 heavy (non-hydrogen) atoms. The van der Waals surface area contributed by atoms with Crippen molar-refractivity contribution in [1.82, 2.24) is 10.3 Å². The summed E-state index contributed by atoms with van der Waals surface area (Å²) >= 11 is 0. The second-order valence-corrected chi connectivity index (χ2v) is 2.89. The van der Waals surface area contributed by atoms with E-state index in [1.165, 1.54) is 6.92 Å². The molecule has 4 heteroatoms. The van der Waals surface area contributed by atoms with Crippen molar-refractivity contribution in [3.63, 3.8) is 0 Å². The standard InChI is InChI=1S/C10H13N3O/c1-8(14)13-4-2-3-9-5-10(11)7-12-6-9/h2-3,5-7H,4,11H2,1H3,(H,13,14). The Bertz CT molecular complexity index is 347. The predicted molar refractivity (Wildman–Crippen MR) is 56.4 cm³/mol. The molecule has 1 aromatic heterocycles. The summed E-state index contributed by atoms with van der Waals surface area (Å²) in [5.74, 6) is -0.0413. The molecule has 74 valence electrons. The number of hydrogen-bond donors (Lipinski definition) is 2. The lowest BCUT2D eigenvalue weighted by molar-refractivity contribution is -0.118. The summed E-state index contributed by atoms with van der Waals surface area (Å²) < 4.78 is 0. The largest absolute Gasteiger partial charge is 0.397 e. The highest BCUT2D eigenvalue weighted by molar-refractivity contribution is 5.73. The Kier molecular flexibility index (Phi) is 3.67. The van der Waals surface area contributed by atoms with Crippen molar-refractivity contribution in [2.24, 2.45) is 0 Å². The lowest BCUT2D eigenvalue weighted by Gasteiger charge is -1.96. The van der Waals surface area contributed by atoms with Crippen LogP contribution in [0.15, 0.2) is 24.5 Å². The van der Waals surface area contributed by atoms with Crippen molar-refractivity contribution in [2.75, 3.05) is 12.3 Å². The molecule has 0 saturated carbocycles. The predicted octanol–water partition coefficient (Wildman–Crippen LogP) is 0.813. The first-order chi connectivity index (χ1) is 6.68. The maximum Gasteiger partial charge on any atom is 0.217 e. The number of pyridine rings is 1. The van der Waals surface area contributed by atoms with Crippen LogP contribution in [0.2, 0.25) is 0 Å². The number of nitrogens with one attached hydrogen (secondary N) is 1. The minimum Gasteiger partial charge on any atom is -0.397 e. The summed E-state index contributed by atoms with van der Waals surface area (Å²) in [6.07, 6.45) is 7.00. The molecule has 0 spiro atoms. The van der Waals surface area contributed by atoms with Gasteiger partial charge in [-0.3, -0.25) is 9.78 Å². The topological polar surface area (TPSA) is 68.0 Å². The Morgan fingerprint density at radius 3 is 3.07 bits per heavy atom. The van der Waals surface area contributed by atoms with Crippen LogP contribution in [-0.4, -0.2) is 17.4 Å². The molecule has 0 aliphatic heterocycles. The van der Waals surface area contributed by atoms with Gasteiger partial charge in [0.15, 0.2) is 0 Å². The maximum atomic E-state index is 10.5. The van der Waals surface area contributed by atoms with Gasteiger partial charge < -0.3 is 11.1 Å². The molecular formula is C10H13N3O. The molecule has 0 saturated heterocycles. The van der Waals surface area contributed by atoms with Crippen molar-refractivity contribution < 1.29 is 4.79 Å². The van der Waals surface area contributed by atoms with E-state index in [0.717, 1.165) is 5.56 Å². The van der Waals surface area contributed by atoms with Crippen LogP contribution in [0, 0.1) is 0 Å². The van der Waals surface area contributed by atoms with Gasteiger partial charge in [0, 0.05) is 25.9 Å². The first kappa shape index (κ1) is 10.2. The minimum atomic E-state index is -0.0413. The Labute approximate surface area is 82.8 Å². The molecule has 1 heterocycles. The van der Waals surface area contributed by atoms with Gasteiger partial charge in [0.1, 0.15) is 0 Å². The number of nitrogen functional groups attached to an aromatic ring is 1. The Morgan fingerprint density at radius 1 is 1.64 bits per heavy atom. The molecule has 0 aliphatic rings. The first-order valence-corrected chi connectivity index (χ1v) is 4.30. The fraction of sp³-hybridized carbons (Fsp3) is 0.200. The number of nitrogens with zero attached hydrogens (tertiary/aromatic N) is 1. The van der Waals surface area contributed by atoms with Gasteiger partial charge in [0.25, 0.3) is 0 Å². The fourth-order valence-corrected chi connectivity index (χ4v) is 0.965. The van der Waals surface area contributed by atoms with Gasteiger partial charge in [-0.15, -0.1) is 0 Å². The van der Waals surface area contributed by atoms with E-state index < -0.39 is 0 Å². The fourth-order valence-electron chi connectivity index (χ4n) is 0.965. The Balaban J connectivity index is 2.47. The zero-order chi connectivity index (χ0) is 10.4. The number of hydrogen-bond acceptors (Lipinski definition) is 3. The van der Waals surface area contributed by atoms with E-state index in [1.54, 1.807) is 12.4 Å². The van der Waals surface area contributed by atoms with E-state index in [0.29, 0.717) is 12.2 Å². The van der Waals surface area contributed by atoms with Crippen LogP contribution in [0.3, 0.4) is 0 Å². The van der Waals surface area contributed by atoms with E-state index in [1.807, 2.05) is 18.2 Å². The monoisotopic (exact) mass is 191 g/mol. The number of carbonyl (C=O) groups is 1. The number of anilines is 1. The number of rotatable bonds is 3. The van der Waals surface area contributed by atoms with Crippen molar-refractivity contribution in [3.8, 4) is 0 Å². The van der Waals surface area contributed by atoms with Crippen LogP contribution in [0.25, 0.3) is 6.08 Å². The van der Waals surface area contributed by atoms with E-state index in [4.69, 9.17) is 5.73 Å². The molecule has 0 radical (unpaired) electrons. The lowest BCUT2D eigenvalue weighted by Crippen LogP contribution is -2.19. The molecule has 0 atom stereocenters.